The molecular formula is C13H23N3O. The van der Waals surface area contributed by atoms with Gasteiger partial charge in [0.2, 0.25) is 5.89 Å². The van der Waals surface area contributed by atoms with Crippen molar-refractivity contribution in [1.82, 2.24) is 10.1 Å². The van der Waals surface area contributed by atoms with Gasteiger partial charge in [0, 0.05) is 18.4 Å². The summed E-state index contributed by atoms with van der Waals surface area (Å²) in [6, 6.07) is 0.135. The molecule has 2 N–H and O–H groups in total. The van der Waals surface area contributed by atoms with E-state index in [9.17, 15) is 0 Å². The van der Waals surface area contributed by atoms with E-state index in [0.29, 0.717) is 18.2 Å². The highest BCUT2D eigenvalue weighted by atomic mass is 16.5. The van der Waals surface area contributed by atoms with Crippen LogP contribution in [0.25, 0.3) is 0 Å². The molecular weight excluding hydrogens is 214 g/mol. The second kappa shape index (κ2) is 5.63. The summed E-state index contributed by atoms with van der Waals surface area (Å²) in [5, 5.41) is 4.11. The Morgan fingerprint density at radius 1 is 1.41 bits per heavy atom. The lowest BCUT2D eigenvalue weighted by atomic mass is 10.0. The molecule has 0 spiro atoms. The Morgan fingerprint density at radius 3 is 2.88 bits per heavy atom. The van der Waals surface area contributed by atoms with Gasteiger partial charge >= 0.3 is 0 Å². The van der Waals surface area contributed by atoms with Crippen molar-refractivity contribution in [3.8, 4) is 0 Å². The Balaban J connectivity index is 1.94. The lowest BCUT2D eigenvalue weighted by Gasteiger charge is -2.05. The number of hydrogen-bond acceptors (Lipinski definition) is 4. The topological polar surface area (TPSA) is 64.9 Å². The summed E-state index contributed by atoms with van der Waals surface area (Å²) in [6.45, 7) is 4.33. The molecule has 1 fully saturated rings. The van der Waals surface area contributed by atoms with Crippen LogP contribution in [0.3, 0.4) is 0 Å². The Kier molecular flexibility index (Phi) is 4.15. The molecule has 1 aromatic rings. The molecule has 0 radical (unpaired) electrons. The molecule has 1 aromatic heterocycles. The summed E-state index contributed by atoms with van der Waals surface area (Å²) in [4.78, 5) is 4.49. The van der Waals surface area contributed by atoms with E-state index in [-0.39, 0.29) is 6.04 Å². The Bertz CT molecular complexity index is 350. The third kappa shape index (κ3) is 3.06. The molecule has 3 atom stereocenters. The second-order valence-electron chi connectivity index (χ2n) is 5.20. The molecule has 1 aliphatic rings. The Labute approximate surface area is 103 Å². The van der Waals surface area contributed by atoms with Gasteiger partial charge < -0.3 is 10.3 Å². The van der Waals surface area contributed by atoms with Gasteiger partial charge in [0.25, 0.3) is 0 Å². The van der Waals surface area contributed by atoms with Gasteiger partial charge in [0.1, 0.15) is 0 Å². The van der Waals surface area contributed by atoms with Crippen LogP contribution in [0.5, 0.6) is 0 Å². The van der Waals surface area contributed by atoms with Crippen LogP contribution < -0.4 is 5.73 Å². The standard InChI is InChI=1S/C13H23N3O/c1-3-9-5-6-10(7-9)13-15-12(17-16-13)8-11(14)4-2/h9-11H,3-8,14H2,1-2H3. The van der Waals surface area contributed by atoms with Gasteiger partial charge in [-0.05, 0) is 31.6 Å². The minimum absolute atomic E-state index is 0.135. The lowest BCUT2D eigenvalue weighted by molar-refractivity contribution is 0.359. The average Bonchev–Trinajstić information content (AvgIpc) is 2.96. The minimum atomic E-state index is 0.135. The van der Waals surface area contributed by atoms with E-state index >= 15 is 0 Å². The van der Waals surface area contributed by atoms with Gasteiger partial charge in [-0.15, -0.1) is 0 Å². The zero-order valence-corrected chi connectivity index (χ0v) is 10.9. The molecule has 96 valence electrons. The number of hydrogen-bond donors (Lipinski definition) is 1. The highest BCUT2D eigenvalue weighted by Gasteiger charge is 2.28. The van der Waals surface area contributed by atoms with Gasteiger partial charge in [0.05, 0.1) is 0 Å². The van der Waals surface area contributed by atoms with E-state index in [4.69, 9.17) is 10.3 Å². The molecule has 17 heavy (non-hydrogen) atoms. The summed E-state index contributed by atoms with van der Waals surface area (Å²) >= 11 is 0. The summed E-state index contributed by atoms with van der Waals surface area (Å²) in [5.74, 6) is 2.96. The van der Waals surface area contributed by atoms with Crippen LogP contribution in [-0.2, 0) is 6.42 Å². The van der Waals surface area contributed by atoms with Crippen LogP contribution >= 0.6 is 0 Å². The molecule has 4 heteroatoms. The smallest absolute Gasteiger partial charge is 0.228 e. The van der Waals surface area contributed by atoms with Crippen LogP contribution in [-0.4, -0.2) is 16.2 Å². The van der Waals surface area contributed by atoms with Crippen LogP contribution in [0.2, 0.25) is 0 Å². The van der Waals surface area contributed by atoms with Gasteiger partial charge in [-0.1, -0.05) is 25.4 Å². The fourth-order valence-electron chi connectivity index (χ4n) is 2.57. The zero-order valence-electron chi connectivity index (χ0n) is 10.9. The number of nitrogens with zero attached hydrogens (tertiary/aromatic N) is 2. The van der Waals surface area contributed by atoms with Gasteiger partial charge in [0.15, 0.2) is 5.82 Å². The third-order valence-corrected chi connectivity index (χ3v) is 3.93. The highest BCUT2D eigenvalue weighted by Crippen LogP contribution is 2.38. The van der Waals surface area contributed by atoms with Crippen LogP contribution in [0.1, 0.15) is 63.6 Å². The van der Waals surface area contributed by atoms with Crippen molar-refractivity contribution in [2.45, 2.75) is 64.3 Å². The minimum Gasteiger partial charge on any atom is -0.339 e. The quantitative estimate of drug-likeness (QED) is 0.855. The SMILES string of the molecule is CCC(N)Cc1nc(C2CCC(CC)C2)no1. The second-order valence-corrected chi connectivity index (χ2v) is 5.20. The predicted molar refractivity (Wildman–Crippen MR) is 66.6 cm³/mol. The summed E-state index contributed by atoms with van der Waals surface area (Å²) in [5.41, 5.74) is 5.88. The first-order valence-electron chi connectivity index (χ1n) is 6.81. The Hall–Kier alpha value is -0.900. The molecule has 1 aliphatic carbocycles. The monoisotopic (exact) mass is 237 g/mol. The molecule has 0 bridgehead atoms. The molecule has 0 amide bonds. The molecule has 0 aromatic carbocycles. The fourth-order valence-corrected chi connectivity index (χ4v) is 2.57. The molecule has 1 heterocycles. The highest BCUT2D eigenvalue weighted by molar-refractivity contribution is 5.00. The van der Waals surface area contributed by atoms with E-state index in [0.717, 1.165) is 18.2 Å². The largest absolute Gasteiger partial charge is 0.339 e. The maximum Gasteiger partial charge on any atom is 0.228 e. The maximum absolute atomic E-state index is 5.88. The molecule has 4 nitrogen and oxygen atoms in total. The average molecular weight is 237 g/mol. The van der Waals surface area contributed by atoms with E-state index in [2.05, 4.69) is 24.0 Å². The number of nitrogens with two attached hydrogens (primary N) is 1. The zero-order chi connectivity index (χ0) is 12.3. The van der Waals surface area contributed by atoms with E-state index in [1.165, 1.54) is 25.7 Å². The van der Waals surface area contributed by atoms with Crippen molar-refractivity contribution >= 4 is 0 Å². The van der Waals surface area contributed by atoms with E-state index in [1.54, 1.807) is 0 Å². The fraction of sp³-hybridized carbons (Fsp3) is 0.846. The molecule has 0 saturated heterocycles. The molecule has 1 saturated carbocycles. The van der Waals surface area contributed by atoms with Crippen molar-refractivity contribution in [3.05, 3.63) is 11.7 Å². The van der Waals surface area contributed by atoms with Gasteiger partial charge in [-0.25, -0.2) is 0 Å². The predicted octanol–water partition coefficient (Wildman–Crippen LogP) is 2.64. The number of rotatable bonds is 5. The van der Waals surface area contributed by atoms with Gasteiger partial charge in [-0.2, -0.15) is 4.98 Å². The van der Waals surface area contributed by atoms with Crippen molar-refractivity contribution in [2.24, 2.45) is 11.7 Å². The Morgan fingerprint density at radius 2 is 2.24 bits per heavy atom. The van der Waals surface area contributed by atoms with Crippen molar-refractivity contribution in [3.63, 3.8) is 0 Å². The van der Waals surface area contributed by atoms with Crippen molar-refractivity contribution in [1.29, 1.82) is 0 Å². The molecule has 0 aliphatic heterocycles. The van der Waals surface area contributed by atoms with Crippen molar-refractivity contribution < 1.29 is 4.52 Å². The lowest BCUT2D eigenvalue weighted by Crippen LogP contribution is -2.21. The van der Waals surface area contributed by atoms with Crippen LogP contribution in [0.15, 0.2) is 4.52 Å². The van der Waals surface area contributed by atoms with E-state index in [1.807, 2.05) is 0 Å². The van der Waals surface area contributed by atoms with E-state index < -0.39 is 0 Å². The first-order valence-corrected chi connectivity index (χ1v) is 6.81. The maximum atomic E-state index is 5.88. The van der Waals surface area contributed by atoms with Crippen molar-refractivity contribution in [2.75, 3.05) is 0 Å². The first kappa shape index (κ1) is 12.6. The van der Waals surface area contributed by atoms with Crippen LogP contribution in [0.4, 0.5) is 0 Å². The van der Waals surface area contributed by atoms with Crippen LogP contribution in [0, 0.1) is 5.92 Å². The summed E-state index contributed by atoms with van der Waals surface area (Å²) in [7, 11) is 0. The number of aromatic nitrogens is 2. The normalized spacial score (nSPS) is 26.3. The third-order valence-electron chi connectivity index (χ3n) is 3.93. The first-order chi connectivity index (χ1) is 8.22. The molecule has 3 unspecified atom stereocenters. The molecule has 2 rings (SSSR count). The van der Waals surface area contributed by atoms with Gasteiger partial charge in [-0.3, -0.25) is 0 Å². The summed E-state index contributed by atoms with van der Waals surface area (Å²) < 4.78 is 5.28. The summed E-state index contributed by atoms with van der Waals surface area (Å²) in [6.07, 6.45) is 6.64.